The second-order valence-electron chi connectivity index (χ2n) is 4.15. The summed E-state index contributed by atoms with van der Waals surface area (Å²) in [4.78, 5) is 0. The van der Waals surface area contributed by atoms with Crippen molar-refractivity contribution in [2.75, 3.05) is 19.3 Å². The summed E-state index contributed by atoms with van der Waals surface area (Å²) in [5.74, 6) is 0. The highest BCUT2D eigenvalue weighted by Gasteiger charge is 2.18. The zero-order chi connectivity index (χ0) is 10.5. The fourth-order valence-corrected chi connectivity index (χ4v) is 1.65. The van der Waals surface area contributed by atoms with E-state index in [2.05, 4.69) is 4.72 Å². The van der Waals surface area contributed by atoms with Crippen LogP contribution in [0.1, 0.15) is 26.7 Å². The van der Waals surface area contributed by atoms with E-state index in [9.17, 15) is 8.42 Å². The smallest absolute Gasteiger partial charge is 0.208 e. The normalized spacial score (nSPS) is 13.2. The Kier molecular flexibility index (Phi) is 4.88. The number of hydrogen-bond donors (Lipinski definition) is 2. The van der Waals surface area contributed by atoms with Gasteiger partial charge in [0.05, 0.1) is 6.26 Å². The summed E-state index contributed by atoms with van der Waals surface area (Å²) < 4.78 is 24.1. The Balaban J connectivity index is 3.89. The van der Waals surface area contributed by atoms with Gasteiger partial charge in [0, 0.05) is 6.54 Å². The van der Waals surface area contributed by atoms with Gasteiger partial charge in [-0.1, -0.05) is 13.8 Å². The first-order valence-corrected chi connectivity index (χ1v) is 6.31. The van der Waals surface area contributed by atoms with Crippen molar-refractivity contribution in [2.45, 2.75) is 26.7 Å². The van der Waals surface area contributed by atoms with Gasteiger partial charge in [0.2, 0.25) is 10.0 Å². The monoisotopic (exact) mass is 208 g/mol. The van der Waals surface area contributed by atoms with Gasteiger partial charge in [-0.2, -0.15) is 0 Å². The van der Waals surface area contributed by atoms with Crippen LogP contribution < -0.4 is 10.5 Å². The molecule has 0 aliphatic rings. The number of hydrogen-bond acceptors (Lipinski definition) is 3. The zero-order valence-corrected chi connectivity index (χ0v) is 9.45. The maximum Gasteiger partial charge on any atom is 0.208 e. The molecule has 3 N–H and O–H groups in total. The predicted molar refractivity (Wildman–Crippen MR) is 54.9 cm³/mol. The van der Waals surface area contributed by atoms with E-state index >= 15 is 0 Å². The minimum absolute atomic E-state index is 0.0115. The Hall–Kier alpha value is -0.130. The van der Waals surface area contributed by atoms with Crippen molar-refractivity contribution in [3.05, 3.63) is 0 Å². The molecule has 0 aromatic heterocycles. The Morgan fingerprint density at radius 3 is 2.31 bits per heavy atom. The van der Waals surface area contributed by atoms with E-state index in [4.69, 9.17) is 5.73 Å². The van der Waals surface area contributed by atoms with Gasteiger partial charge < -0.3 is 5.73 Å². The van der Waals surface area contributed by atoms with E-state index in [1.807, 2.05) is 13.8 Å². The van der Waals surface area contributed by atoms with Gasteiger partial charge in [-0.15, -0.1) is 0 Å². The first-order chi connectivity index (χ1) is 5.77. The van der Waals surface area contributed by atoms with Gasteiger partial charge in [0.25, 0.3) is 0 Å². The highest BCUT2D eigenvalue weighted by Crippen LogP contribution is 2.20. The Bertz CT molecular complexity index is 235. The Morgan fingerprint density at radius 1 is 1.38 bits per heavy atom. The molecular weight excluding hydrogens is 188 g/mol. The van der Waals surface area contributed by atoms with Crippen molar-refractivity contribution < 1.29 is 8.42 Å². The van der Waals surface area contributed by atoms with Crippen LogP contribution >= 0.6 is 0 Å². The molecule has 5 heteroatoms. The molecule has 0 fully saturated rings. The summed E-state index contributed by atoms with van der Waals surface area (Å²) >= 11 is 0. The zero-order valence-electron chi connectivity index (χ0n) is 8.63. The van der Waals surface area contributed by atoms with Crippen LogP contribution in [0.3, 0.4) is 0 Å². The minimum atomic E-state index is -3.06. The lowest BCUT2D eigenvalue weighted by Crippen LogP contribution is -2.33. The molecule has 80 valence electrons. The van der Waals surface area contributed by atoms with Gasteiger partial charge >= 0.3 is 0 Å². The molecule has 4 nitrogen and oxygen atoms in total. The number of nitrogens with two attached hydrogens (primary N) is 1. The van der Waals surface area contributed by atoms with E-state index < -0.39 is 10.0 Å². The summed E-state index contributed by atoms with van der Waals surface area (Å²) in [6, 6.07) is 0. The second kappa shape index (κ2) is 4.93. The molecule has 0 rings (SSSR count). The fraction of sp³-hybridized carbons (Fsp3) is 1.00. The molecule has 0 aromatic rings. The first-order valence-electron chi connectivity index (χ1n) is 4.41. The van der Waals surface area contributed by atoms with Crippen molar-refractivity contribution >= 4 is 10.0 Å². The topological polar surface area (TPSA) is 72.2 Å². The minimum Gasteiger partial charge on any atom is -0.330 e. The summed E-state index contributed by atoms with van der Waals surface area (Å²) in [5, 5.41) is 0. The van der Waals surface area contributed by atoms with Crippen molar-refractivity contribution in [2.24, 2.45) is 11.1 Å². The molecule has 0 aromatic carbocycles. The third-order valence-corrected chi connectivity index (χ3v) is 2.54. The summed E-state index contributed by atoms with van der Waals surface area (Å²) in [6.45, 7) is 5.19. The number of rotatable bonds is 6. The fourth-order valence-electron chi connectivity index (χ4n) is 0.995. The van der Waals surface area contributed by atoms with Gasteiger partial charge in [0.15, 0.2) is 0 Å². The van der Waals surface area contributed by atoms with Gasteiger partial charge in [-0.25, -0.2) is 13.1 Å². The molecule has 0 spiro atoms. The van der Waals surface area contributed by atoms with E-state index in [1.54, 1.807) is 0 Å². The highest BCUT2D eigenvalue weighted by molar-refractivity contribution is 7.88. The molecule has 0 saturated carbocycles. The molecule has 0 aliphatic heterocycles. The largest absolute Gasteiger partial charge is 0.330 e. The molecular formula is C8H20N2O2S. The Morgan fingerprint density at radius 2 is 1.92 bits per heavy atom. The van der Waals surface area contributed by atoms with Crippen LogP contribution in [-0.4, -0.2) is 27.8 Å². The molecule has 0 heterocycles. The molecule has 0 atom stereocenters. The average Bonchev–Trinajstić information content (AvgIpc) is 1.97. The van der Waals surface area contributed by atoms with Gasteiger partial charge in [0.1, 0.15) is 0 Å². The van der Waals surface area contributed by atoms with Gasteiger partial charge in [-0.05, 0) is 24.8 Å². The third-order valence-electron chi connectivity index (χ3n) is 1.87. The maximum absolute atomic E-state index is 10.8. The molecule has 13 heavy (non-hydrogen) atoms. The first kappa shape index (κ1) is 12.9. The standard InChI is InChI=1S/C8H20N2O2S/c1-8(2,5-4-6-9)7-10-13(3,11)12/h10H,4-7,9H2,1-3H3. The molecule has 0 amide bonds. The predicted octanol–water partition coefficient (Wildman–Crippen LogP) is 0.301. The molecule has 0 bridgehead atoms. The average molecular weight is 208 g/mol. The molecule has 0 saturated heterocycles. The summed E-state index contributed by atoms with van der Waals surface area (Å²) in [6.07, 6.45) is 3.04. The maximum atomic E-state index is 10.8. The highest BCUT2D eigenvalue weighted by atomic mass is 32.2. The third kappa shape index (κ3) is 8.21. The lowest BCUT2D eigenvalue weighted by Gasteiger charge is -2.24. The molecule has 0 radical (unpaired) electrons. The van der Waals surface area contributed by atoms with Crippen LogP contribution in [-0.2, 0) is 10.0 Å². The van der Waals surface area contributed by atoms with Crippen LogP contribution in [0.5, 0.6) is 0 Å². The van der Waals surface area contributed by atoms with Crippen molar-refractivity contribution in [3.8, 4) is 0 Å². The van der Waals surface area contributed by atoms with E-state index in [-0.39, 0.29) is 5.41 Å². The van der Waals surface area contributed by atoms with Crippen LogP contribution in [0.15, 0.2) is 0 Å². The lowest BCUT2D eigenvalue weighted by molar-refractivity contribution is 0.327. The van der Waals surface area contributed by atoms with Crippen molar-refractivity contribution in [1.29, 1.82) is 0 Å². The lowest BCUT2D eigenvalue weighted by atomic mass is 9.88. The van der Waals surface area contributed by atoms with Crippen molar-refractivity contribution in [3.63, 3.8) is 0 Å². The molecule has 0 aliphatic carbocycles. The molecule has 0 unspecified atom stereocenters. The Labute approximate surface area is 80.9 Å². The summed E-state index contributed by atoms with van der Waals surface area (Å²) in [7, 11) is -3.06. The number of nitrogens with one attached hydrogen (secondary N) is 1. The van der Waals surface area contributed by atoms with Crippen LogP contribution in [0.4, 0.5) is 0 Å². The van der Waals surface area contributed by atoms with Gasteiger partial charge in [-0.3, -0.25) is 0 Å². The van der Waals surface area contributed by atoms with Crippen LogP contribution in [0.25, 0.3) is 0 Å². The SMILES string of the molecule is CC(C)(CCCN)CNS(C)(=O)=O. The van der Waals surface area contributed by atoms with Crippen LogP contribution in [0, 0.1) is 5.41 Å². The van der Waals surface area contributed by atoms with E-state index in [0.717, 1.165) is 12.8 Å². The quantitative estimate of drug-likeness (QED) is 0.659. The van der Waals surface area contributed by atoms with Crippen molar-refractivity contribution in [1.82, 2.24) is 4.72 Å². The number of sulfonamides is 1. The van der Waals surface area contributed by atoms with E-state index in [0.29, 0.717) is 13.1 Å². The van der Waals surface area contributed by atoms with Crippen LogP contribution in [0.2, 0.25) is 0 Å². The second-order valence-corrected chi connectivity index (χ2v) is 5.98. The van der Waals surface area contributed by atoms with E-state index in [1.165, 1.54) is 6.26 Å². The summed E-state index contributed by atoms with van der Waals surface area (Å²) in [5.41, 5.74) is 5.37.